The molecular weight excluding hydrogens is 475 g/mol. The Hall–Kier alpha value is -3.56. The van der Waals surface area contributed by atoms with Crippen molar-refractivity contribution in [2.75, 3.05) is 43.2 Å². The molecule has 1 aromatic carbocycles. The summed E-state index contributed by atoms with van der Waals surface area (Å²) in [6.45, 7) is 8.82. The van der Waals surface area contributed by atoms with Crippen LogP contribution >= 0.6 is 0 Å². The highest BCUT2D eigenvalue weighted by molar-refractivity contribution is 6.04. The van der Waals surface area contributed by atoms with Crippen LogP contribution < -0.4 is 15.0 Å². The Balaban J connectivity index is 1.66. The number of aliphatic hydroxyl groups excluding tert-OH is 1. The van der Waals surface area contributed by atoms with Gasteiger partial charge in [0.15, 0.2) is 0 Å². The molecule has 9 heteroatoms. The van der Waals surface area contributed by atoms with E-state index >= 15 is 0 Å². The van der Waals surface area contributed by atoms with E-state index in [1.807, 2.05) is 37.3 Å². The fourth-order valence-electron chi connectivity index (χ4n) is 4.20. The first kappa shape index (κ1) is 26.5. The molecule has 1 aliphatic heterocycles. The molecule has 1 fully saturated rings. The van der Waals surface area contributed by atoms with Gasteiger partial charge in [0.1, 0.15) is 18.1 Å². The van der Waals surface area contributed by atoms with Crippen LogP contribution in [0.25, 0.3) is 11.1 Å². The molecule has 37 heavy (non-hydrogen) atoms. The van der Waals surface area contributed by atoms with E-state index in [1.54, 1.807) is 6.07 Å². The average Bonchev–Trinajstić information content (AvgIpc) is 2.88. The molecule has 3 heterocycles. The van der Waals surface area contributed by atoms with Crippen molar-refractivity contribution >= 4 is 17.4 Å². The fourth-order valence-corrected chi connectivity index (χ4v) is 4.20. The molecular formula is C28H33FN4O4. The molecule has 0 radical (unpaired) electrons. The van der Waals surface area contributed by atoms with Gasteiger partial charge in [-0.25, -0.2) is 4.39 Å². The van der Waals surface area contributed by atoms with E-state index in [9.17, 15) is 14.3 Å². The van der Waals surface area contributed by atoms with Gasteiger partial charge in [-0.1, -0.05) is 6.07 Å². The molecule has 3 aromatic rings. The monoisotopic (exact) mass is 508 g/mol. The summed E-state index contributed by atoms with van der Waals surface area (Å²) < 4.78 is 25.6. The Labute approximate surface area is 216 Å². The van der Waals surface area contributed by atoms with Gasteiger partial charge >= 0.3 is 0 Å². The highest BCUT2D eigenvalue weighted by atomic mass is 19.1. The summed E-state index contributed by atoms with van der Waals surface area (Å²) in [7, 11) is 0. The molecule has 0 bridgehead atoms. The number of alkyl halides is 1. The standard InChI is InChI=1S/C28H33FN4O4/c1-18-5-6-22(31-27(35)20-7-8-30-24(13-20)28(3,4)29)16-23(18)21-14-25(32-26(15-21)37-12-10-34)33-9-11-36-17-19(33)2/h5-8,13-16,19,34H,9-12,17H2,1-4H3,(H,31,35)/t19-/m1/s1. The second-order valence-electron chi connectivity index (χ2n) is 9.63. The Morgan fingerprint density at radius 3 is 2.81 bits per heavy atom. The summed E-state index contributed by atoms with van der Waals surface area (Å²) in [5.41, 5.74) is 2.24. The minimum atomic E-state index is -1.65. The number of aliphatic hydroxyl groups is 1. The number of morpholine rings is 1. The van der Waals surface area contributed by atoms with Crippen molar-refractivity contribution in [3.05, 3.63) is 65.5 Å². The second kappa shape index (κ2) is 11.2. The summed E-state index contributed by atoms with van der Waals surface area (Å²) in [6, 6.07) is 12.7. The Morgan fingerprint density at radius 1 is 1.27 bits per heavy atom. The van der Waals surface area contributed by atoms with Crippen LogP contribution in [-0.4, -0.2) is 60.0 Å². The van der Waals surface area contributed by atoms with Crippen molar-refractivity contribution in [3.63, 3.8) is 0 Å². The van der Waals surface area contributed by atoms with Crippen molar-refractivity contribution in [2.24, 2.45) is 0 Å². The molecule has 1 amide bonds. The van der Waals surface area contributed by atoms with Crippen molar-refractivity contribution in [1.29, 1.82) is 0 Å². The predicted octanol–water partition coefficient (Wildman–Crippen LogP) is 4.51. The minimum Gasteiger partial charge on any atom is -0.475 e. The van der Waals surface area contributed by atoms with Crippen molar-refractivity contribution in [3.8, 4) is 17.0 Å². The van der Waals surface area contributed by atoms with E-state index in [0.29, 0.717) is 36.9 Å². The molecule has 0 unspecified atom stereocenters. The first-order chi connectivity index (χ1) is 17.7. The van der Waals surface area contributed by atoms with E-state index in [1.165, 1.54) is 26.1 Å². The largest absolute Gasteiger partial charge is 0.475 e. The lowest BCUT2D eigenvalue weighted by atomic mass is 10.00. The van der Waals surface area contributed by atoms with E-state index in [4.69, 9.17) is 9.47 Å². The van der Waals surface area contributed by atoms with Gasteiger partial charge in [0.25, 0.3) is 5.91 Å². The first-order valence-electron chi connectivity index (χ1n) is 12.3. The number of aromatic nitrogens is 2. The summed E-state index contributed by atoms with van der Waals surface area (Å²) in [5, 5.41) is 12.2. The molecule has 4 rings (SSSR count). The third kappa shape index (κ3) is 6.42. The number of pyridine rings is 2. The van der Waals surface area contributed by atoms with Crippen LogP contribution in [0.15, 0.2) is 48.7 Å². The van der Waals surface area contributed by atoms with Crippen LogP contribution in [0, 0.1) is 6.92 Å². The number of hydrogen-bond donors (Lipinski definition) is 2. The second-order valence-corrected chi connectivity index (χ2v) is 9.63. The van der Waals surface area contributed by atoms with Crippen LogP contribution in [0.5, 0.6) is 5.88 Å². The van der Waals surface area contributed by atoms with E-state index in [0.717, 1.165) is 22.5 Å². The van der Waals surface area contributed by atoms with Crippen molar-refractivity contribution in [2.45, 2.75) is 39.4 Å². The number of rotatable bonds is 8. The maximum absolute atomic E-state index is 14.3. The highest BCUT2D eigenvalue weighted by Gasteiger charge is 2.23. The maximum atomic E-state index is 14.3. The smallest absolute Gasteiger partial charge is 0.255 e. The van der Waals surface area contributed by atoms with Gasteiger partial charge in [-0.2, -0.15) is 4.98 Å². The fraction of sp³-hybridized carbons (Fsp3) is 0.393. The summed E-state index contributed by atoms with van der Waals surface area (Å²) in [4.78, 5) is 23.9. The normalized spacial score (nSPS) is 15.9. The van der Waals surface area contributed by atoms with Crippen LogP contribution in [0.4, 0.5) is 15.9 Å². The van der Waals surface area contributed by atoms with Crippen LogP contribution in [-0.2, 0) is 10.4 Å². The molecule has 0 spiro atoms. The number of aryl methyl sites for hydroxylation is 1. The number of carbonyl (C=O) groups is 1. The van der Waals surface area contributed by atoms with Crippen LogP contribution in [0.1, 0.15) is 42.4 Å². The number of ether oxygens (including phenoxy) is 2. The SMILES string of the molecule is Cc1ccc(NC(=O)c2ccnc(C(C)(C)F)c2)cc1-c1cc(OCCO)nc(N2CCOC[C@H]2C)c1. The van der Waals surface area contributed by atoms with Gasteiger partial charge < -0.3 is 24.8 Å². The highest BCUT2D eigenvalue weighted by Crippen LogP contribution is 2.33. The maximum Gasteiger partial charge on any atom is 0.255 e. The minimum absolute atomic E-state index is 0.119. The van der Waals surface area contributed by atoms with Crippen molar-refractivity contribution in [1.82, 2.24) is 9.97 Å². The summed E-state index contributed by atoms with van der Waals surface area (Å²) >= 11 is 0. The zero-order valence-corrected chi connectivity index (χ0v) is 21.6. The molecule has 2 N–H and O–H groups in total. The van der Waals surface area contributed by atoms with Crippen LogP contribution in [0.3, 0.4) is 0 Å². The lowest BCUT2D eigenvalue weighted by Crippen LogP contribution is -2.44. The van der Waals surface area contributed by atoms with E-state index < -0.39 is 5.67 Å². The molecule has 1 atom stereocenters. The summed E-state index contributed by atoms with van der Waals surface area (Å²) in [6.07, 6.45) is 1.44. The Morgan fingerprint density at radius 2 is 2.08 bits per heavy atom. The summed E-state index contributed by atoms with van der Waals surface area (Å²) in [5.74, 6) is 0.813. The number of carbonyl (C=O) groups excluding carboxylic acids is 1. The predicted molar refractivity (Wildman–Crippen MR) is 141 cm³/mol. The number of anilines is 2. The van der Waals surface area contributed by atoms with Gasteiger partial charge in [-0.05, 0) is 74.7 Å². The van der Waals surface area contributed by atoms with Gasteiger partial charge in [0.2, 0.25) is 5.88 Å². The zero-order valence-electron chi connectivity index (χ0n) is 21.6. The van der Waals surface area contributed by atoms with Crippen molar-refractivity contribution < 1.29 is 23.8 Å². The molecule has 1 saturated heterocycles. The van der Waals surface area contributed by atoms with E-state index in [-0.39, 0.29) is 30.9 Å². The van der Waals surface area contributed by atoms with Gasteiger partial charge in [-0.15, -0.1) is 0 Å². The van der Waals surface area contributed by atoms with Crippen LogP contribution in [0.2, 0.25) is 0 Å². The third-order valence-electron chi connectivity index (χ3n) is 6.23. The average molecular weight is 509 g/mol. The third-order valence-corrected chi connectivity index (χ3v) is 6.23. The quantitative estimate of drug-likeness (QED) is 0.462. The molecule has 1 aliphatic rings. The number of nitrogens with zero attached hydrogens (tertiary/aromatic N) is 3. The Bertz CT molecular complexity index is 1260. The van der Waals surface area contributed by atoms with Gasteiger partial charge in [0.05, 0.1) is 31.6 Å². The zero-order chi connectivity index (χ0) is 26.6. The van der Waals surface area contributed by atoms with E-state index in [2.05, 4.69) is 27.1 Å². The molecule has 8 nitrogen and oxygen atoms in total. The Kier molecular flexibility index (Phi) is 8.04. The topological polar surface area (TPSA) is 96.8 Å². The van der Waals surface area contributed by atoms with Gasteiger partial charge in [0, 0.05) is 30.1 Å². The molecule has 0 aliphatic carbocycles. The molecule has 196 valence electrons. The number of amides is 1. The molecule has 0 saturated carbocycles. The number of hydrogen-bond acceptors (Lipinski definition) is 7. The lowest BCUT2D eigenvalue weighted by molar-refractivity contribution is 0.0984. The number of nitrogens with one attached hydrogen (secondary N) is 1. The number of halogens is 1. The van der Waals surface area contributed by atoms with Gasteiger partial charge in [-0.3, -0.25) is 9.78 Å². The molecule has 2 aromatic heterocycles. The number of benzene rings is 1. The lowest BCUT2D eigenvalue weighted by Gasteiger charge is -2.34. The first-order valence-corrected chi connectivity index (χ1v) is 12.3.